The van der Waals surface area contributed by atoms with Gasteiger partial charge in [-0.05, 0) is 37.2 Å². The minimum absolute atomic E-state index is 0.0795. The summed E-state index contributed by atoms with van der Waals surface area (Å²) in [6.07, 6.45) is 3.68. The van der Waals surface area contributed by atoms with Crippen LogP contribution in [0.1, 0.15) is 26.3 Å². The summed E-state index contributed by atoms with van der Waals surface area (Å²) < 4.78 is 0. The summed E-state index contributed by atoms with van der Waals surface area (Å²) in [5.41, 5.74) is 1.89. The van der Waals surface area contributed by atoms with Gasteiger partial charge in [0.05, 0.1) is 11.1 Å². The van der Waals surface area contributed by atoms with Crippen LogP contribution in [-0.4, -0.2) is 66.4 Å². The molecule has 1 saturated heterocycles. The molecule has 0 radical (unpaired) electrons. The first kappa shape index (κ1) is 19.3. The highest BCUT2D eigenvalue weighted by Crippen LogP contribution is 2.11. The molecule has 142 valence electrons. The van der Waals surface area contributed by atoms with E-state index in [-0.39, 0.29) is 11.8 Å². The van der Waals surface area contributed by atoms with Gasteiger partial charge in [0, 0.05) is 50.1 Å². The van der Waals surface area contributed by atoms with E-state index in [1.165, 1.54) is 12.4 Å². The van der Waals surface area contributed by atoms with E-state index in [0.29, 0.717) is 42.2 Å². The van der Waals surface area contributed by atoms with Gasteiger partial charge in [0.15, 0.2) is 0 Å². The third-order valence-corrected chi connectivity index (χ3v) is 4.86. The molecular weight excluding hydrogens is 364 g/mol. The number of nitrogens with zero attached hydrogens (tertiary/aromatic N) is 3. The normalized spacial score (nSPS) is 14.8. The minimum Gasteiger partial charge on any atom is -0.352 e. The third kappa shape index (κ3) is 5.28. The van der Waals surface area contributed by atoms with Crippen LogP contribution in [0.2, 0.25) is 5.02 Å². The fourth-order valence-corrected chi connectivity index (χ4v) is 3.20. The Balaban J connectivity index is 1.57. The van der Waals surface area contributed by atoms with Crippen LogP contribution in [0.5, 0.6) is 0 Å². The Morgan fingerprint density at radius 1 is 1.11 bits per heavy atom. The number of halogens is 1. The van der Waals surface area contributed by atoms with Crippen molar-refractivity contribution in [2.75, 3.05) is 39.8 Å². The van der Waals surface area contributed by atoms with Crippen molar-refractivity contribution in [2.24, 2.45) is 0 Å². The maximum absolute atomic E-state index is 12.6. The lowest BCUT2D eigenvalue weighted by Gasteiger charge is -2.32. The zero-order valence-corrected chi connectivity index (χ0v) is 16.1. The molecule has 6 nitrogen and oxygen atoms in total. The maximum atomic E-state index is 12.6. The zero-order chi connectivity index (χ0) is 19.2. The fraction of sp³-hybridized carbons (Fsp3) is 0.350. The molecule has 0 spiro atoms. The summed E-state index contributed by atoms with van der Waals surface area (Å²) in [7, 11) is 2.04. The van der Waals surface area contributed by atoms with Crippen LogP contribution < -0.4 is 5.32 Å². The first-order chi connectivity index (χ1) is 13.0. The zero-order valence-electron chi connectivity index (χ0n) is 15.3. The monoisotopic (exact) mass is 386 g/mol. The first-order valence-electron chi connectivity index (χ1n) is 8.98. The van der Waals surface area contributed by atoms with Crippen LogP contribution >= 0.6 is 11.6 Å². The van der Waals surface area contributed by atoms with E-state index in [1.807, 2.05) is 31.3 Å². The molecular formula is C20H23ClN4O2. The molecule has 0 aliphatic carbocycles. The number of pyridine rings is 1. The van der Waals surface area contributed by atoms with Crippen LogP contribution in [0.15, 0.2) is 42.7 Å². The number of hydrogen-bond acceptors (Lipinski definition) is 4. The smallest absolute Gasteiger partial charge is 0.255 e. The molecule has 3 rings (SSSR count). The number of carbonyl (C=O) groups excluding carboxylic acids is 2. The fourth-order valence-electron chi connectivity index (χ4n) is 2.99. The molecule has 0 saturated carbocycles. The van der Waals surface area contributed by atoms with Crippen LogP contribution in [0.4, 0.5) is 0 Å². The average molecular weight is 387 g/mol. The molecule has 1 aliphatic rings. The highest BCUT2D eigenvalue weighted by molar-refractivity contribution is 6.30. The SMILES string of the molecule is CN1CCN(C(=O)c2cncc(C(=O)NCCc3cccc(Cl)c3)c2)CC1. The summed E-state index contributed by atoms with van der Waals surface area (Å²) in [6, 6.07) is 9.16. The minimum atomic E-state index is -0.238. The molecule has 7 heteroatoms. The van der Waals surface area contributed by atoms with Crippen LogP contribution in [-0.2, 0) is 6.42 Å². The number of rotatable bonds is 5. The van der Waals surface area contributed by atoms with Gasteiger partial charge in [-0.1, -0.05) is 23.7 Å². The summed E-state index contributed by atoms with van der Waals surface area (Å²) >= 11 is 5.97. The molecule has 1 N–H and O–H groups in total. The highest BCUT2D eigenvalue weighted by atomic mass is 35.5. The molecule has 2 heterocycles. The van der Waals surface area contributed by atoms with Crippen molar-refractivity contribution in [1.29, 1.82) is 0 Å². The lowest BCUT2D eigenvalue weighted by molar-refractivity contribution is 0.0663. The second-order valence-corrected chi connectivity index (χ2v) is 7.13. The number of hydrogen-bond donors (Lipinski definition) is 1. The van der Waals surface area contributed by atoms with E-state index >= 15 is 0 Å². The van der Waals surface area contributed by atoms with Gasteiger partial charge < -0.3 is 15.1 Å². The van der Waals surface area contributed by atoms with E-state index in [0.717, 1.165) is 18.7 Å². The van der Waals surface area contributed by atoms with Crippen molar-refractivity contribution in [3.63, 3.8) is 0 Å². The van der Waals surface area contributed by atoms with Crippen LogP contribution in [0, 0.1) is 0 Å². The number of carbonyl (C=O) groups is 2. The van der Waals surface area contributed by atoms with Gasteiger partial charge in [-0.2, -0.15) is 0 Å². The summed E-state index contributed by atoms with van der Waals surface area (Å²) in [4.78, 5) is 33.1. The average Bonchev–Trinajstić information content (AvgIpc) is 2.68. The Bertz CT molecular complexity index is 819. The lowest BCUT2D eigenvalue weighted by Crippen LogP contribution is -2.47. The van der Waals surface area contributed by atoms with Gasteiger partial charge in [-0.15, -0.1) is 0 Å². The van der Waals surface area contributed by atoms with Crippen molar-refractivity contribution >= 4 is 23.4 Å². The Morgan fingerprint density at radius 3 is 2.59 bits per heavy atom. The van der Waals surface area contributed by atoms with E-state index < -0.39 is 0 Å². The number of piperazine rings is 1. The molecule has 27 heavy (non-hydrogen) atoms. The quantitative estimate of drug-likeness (QED) is 0.854. The van der Waals surface area contributed by atoms with Crippen molar-refractivity contribution < 1.29 is 9.59 Å². The number of nitrogens with one attached hydrogen (secondary N) is 1. The number of likely N-dealkylation sites (N-methyl/N-ethyl adjacent to an activating group) is 1. The van der Waals surface area contributed by atoms with Crippen molar-refractivity contribution in [1.82, 2.24) is 20.1 Å². The van der Waals surface area contributed by atoms with E-state index in [2.05, 4.69) is 15.2 Å². The lowest BCUT2D eigenvalue weighted by atomic mass is 10.1. The van der Waals surface area contributed by atoms with Crippen LogP contribution in [0.25, 0.3) is 0 Å². The molecule has 0 unspecified atom stereocenters. The predicted molar refractivity (Wildman–Crippen MR) is 105 cm³/mol. The molecule has 2 amide bonds. The Kier molecular flexibility index (Phi) is 6.42. The van der Waals surface area contributed by atoms with Gasteiger partial charge in [0.25, 0.3) is 11.8 Å². The Labute approximate surface area is 164 Å². The Hall–Kier alpha value is -2.44. The molecule has 0 bridgehead atoms. The molecule has 1 aromatic carbocycles. The summed E-state index contributed by atoms with van der Waals surface area (Å²) in [5, 5.41) is 3.54. The van der Waals surface area contributed by atoms with Gasteiger partial charge in [-0.25, -0.2) is 0 Å². The first-order valence-corrected chi connectivity index (χ1v) is 9.36. The van der Waals surface area contributed by atoms with Gasteiger partial charge in [0.1, 0.15) is 0 Å². The second kappa shape index (κ2) is 8.97. The number of aromatic nitrogens is 1. The van der Waals surface area contributed by atoms with Crippen molar-refractivity contribution in [2.45, 2.75) is 6.42 Å². The van der Waals surface area contributed by atoms with Gasteiger partial charge >= 0.3 is 0 Å². The van der Waals surface area contributed by atoms with E-state index in [9.17, 15) is 9.59 Å². The molecule has 1 aromatic heterocycles. The number of amides is 2. The van der Waals surface area contributed by atoms with Crippen molar-refractivity contribution in [3.05, 3.63) is 64.4 Å². The maximum Gasteiger partial charge on any atom is 0.255 e. The second-order valence-electron chi connectivity index (χ2n) is 6.69. The Morgan fingerprint density at radius 2 is 1.85 bits per heavy atom. The van der Waals surface area contributed by atoms with E-state index in [4.69, 9.17) is 11.6 Å². The standard InChI is InChI=1S/C20H23ClN4O2/c1-24-7-9-25(10-8-24)20(27)17-12-16(13-22-14-17)19(26)23-6-5-15-3-2-4-18(21)11-15/h2-4,11-14H,5-10H2,1H3,(H,23,26). The molecule has 2 aromatic rings. The van der Waals surface area contributed by atoms with Gasteiger partial charge in [-0.3, -0.25) is 14.6 Å². The van der Waals surface area contributed by atoms with Crippen LogP contribution in [0.3, 0.4) is 0 Å². The molecule has 0 atom stereocenters. The largest absolute Gasteiger partial charge is 0.352 e. The third-order valence-electron chi connectivity index (χ3n) is 4.63. The van der Waals surface area contributed by atoms with E-state index in [1.54, 1.807) is 11.0 Å². The van der Waals surface area contributed by atoms with Gasteiger partial charge in [0.2, 0.25) is 0 Å². The van der Waals surface area contributed by atoms with Crippen molar-refractivity contribution in [3.8, 4) is 0 Å². The summed E-state index contributed by atoms with van der Waals surface area (Å²) in [6.45, 7) is 3.55. The molecule has 1 aliphatic heterocycles. The predicted octanol–water partition coefficient (Wildman–Crippen LogP) is 2.10. The molecule has 1 fully saturated rings. The topological polar surface area (TPSA) is 65.5 Å². The summed E-state index contributed by atoms with van der Waals surface area (Å²) in [5.74, 6) is -0.318. The number of benzene rings is 1. The highest BCUT2D eigenvalue weighted by Gasteiger charge is 2.21.